The highest BCUT2D eigenvalue weighted by Gasteiger charge is 2.12. The van der Waals surface area contributed by atoms with E-state index in [1.54, 1.807) is 23.6 Å². The van der Waals surface area contributed by atoms with Gasteiger partial charge in [0.15, 0.2) is 5.06 Å². The van der Waals surface area contributed by atoms with Crippen LogP contribution in [0.2, 0.25) is 0 Å². The maximum Gasteiger partial charge on any atom is 0.344 e. The van der Waals surface area contributed by atoms with Crippen molar-refractivity contribution in [3.05, 3.63) is 52.2 Å². The molecule has 17 heavy (non-hydrogen) atoms. The Morgan fingerprint density at radius 2 is 1.94 bits per heavy atom. The normalized spacial score (nSPS) is 10.8. The molecule has 0 fully saturated rings. The third kappa shape index (κ3) is 1.62. The van der Waals surface area contributed by atoms with Crippen LogP contribution in [0.25, 0.3) is 22.1 Å². The lowest BCUT2D eigenvalue weighted by atomic mass is 10.1. The number of benzene rings is 1. The van der Waals surface area contributed by atoms with Crippen LogP contribution >= 0.6 is 11.3 Å². The van der Waals surface area contributed by atoms with Crippen LogP contribution in [0.15, 0.2) is 51.0 Å². The Morgan fingerprint density at radius 1 is 1.12 bits per heavy atom. The lowest BCUT2D eigenvalue weighted by Crippen LogP contribution is -2.01. The molecule has 0 aliphatic rings. The summed E-state index contributed by atoms with van der Waals surface area (Å²) >= 11 is 1.19. The molecule has 0 radical (unpaired) electrons. The fourth-order valence-corrected chi connectivity index (χ4v) is 2.39. The van der Waals surface area contributed by atoms with E-state index in [0.29, 0.717) is 16.7 Å². The highest BCUT2D eigenvalue weighted by Crippen LogP contribution is 2.33. The van der Waals surface area contributed by atoms with Gasteiger partial charge in [0.2, 0.25) is 0 Å². The molecule has 0 saturated carbocycles. The Balaban J connectivity index is 2.34. The van der Waals surface area contributed by atoms with Crippen LogP contribution in [0.1, 0.15) is 0 Å². The van der Waals surface area contributed by atoms with Crippen LogP contribution in [-0.2, 0) is 0 Å². The first-order valence-electron chi connectivity index (χ1n) is 5.05. The molecule has 4 heteroatoms. The molecule has 2 aromatic heterocycles. The predicted octanol–water partition coefficient (Wildman–Crippen LogP) is 3.23. The maximum absolute atomic E-state index is 11.8. The second kappa shape index (κ2) is 3.75. The third-order valence-electron chi connectivity index (χ3n) is 2.58. The molecule has 0 aliphatic carbocycles. The van der Waals surface area contributed by atoms with E-state index in [1.165, 1.54) is 11.3 Å². The van der Waals surface area contributed by atoms with Gasteiger partial charge in [0.05, 0.1) is 5.56 Å². The Morgan fingerprint density at radius 3 is 2.71 bits per heavy atom. The summed E-state index contributed by atoms with van der Waals surface area (Å²) in [5.41, 5.74) is 1.03. The Bertz CT molecular complexity index is 740. The van der Waals surface area contributed by atoms with Crippen LogP contribution in [-0.4, -0.2) is 5.11 Å². The van der Waals surface area contributed by atoms with Crippen LogP contribution in [0.3, 0.4) is 0 Å². The minimum Gasteiger partial charge on any atom is -0.499 e. The van der Waals surface area contributed by atoms with E-state index < -0.39 is 5.63 Å². The van der Waals surface area contributed by atoms with E-state index in [-0.39, 0.29) is 5.06 Å². The van der Waals surface area contributed by atoms with Crippen LogP contribution in [0.5, 0.6) is 5.06 Å². The van der Waals surface area contributed by atoms with Gasteiger partial charge < -0.3 is 9.52 Å². The third-order valence-corrected chi connectivity index (χ3v) is 3.29. The Kier molecular flexibility index (Phi) is 2.23. The molecule has 3 aromatic rings. The number of hydrogen-bond acceptors (Lipinski definition) is 4. The summed E-state index contributed by atoms with van der Waals surface area (Å²) in [7, 11) is 0. The Hall–Kier alpha value is -2.07. The fourth-order valence-electron chi connectivity index (χ4n) is 1.76. The molecule has 2 heterocycles. The zero-order chi connectivity index (χ0) is 11.8. The molecular weight excluding hydrogens is 236 g/mol. The smallest absolute Gasteiger partial charge is 0.344 e. The predicted molar refractivity (Wildman–Crippen MR) is 67.5 cm³/mol. The topological polar surface area (TPSA) is 50.4 Å². The molecule has 3 rings (SSSR count). The summed E-state index contributed by atoms with van der Waals surface area (Å²) in [4.78, 5) is 11.8. The summed E-state index contributed by atoms with van der Waals surface area (Å²) in [5, 5.41) is 12.3. The zero-order valence-corrected chi connectivity index (χ0v) is 9.53. The van der Waals surface area contributed by atoms with Gasteiger partial charge in [0, 0.05) is 10.9 Å². The maximum atomic E-state index is 11.8. The van der Waals surface area contributed by atoms with Crippen molar-refractivity contribution in [2.75, 3.05) is 0 Å². The van der Waals surface area contributed by atoms with Gasteiger partial charge in [-0.3, -0.25) is 0 Å². The monoisotopic (exact) mass is 244 g/mol. The second-order valence-corrected chi connectivity index (χ2v) is 4.52. The molecule has 0 aliphatic heterocycles. The minimum atomic E-state index is -0.433. The van der Waals surface area contributed by atoms with Crippen molar-refractivity contribution < 1.29 is 9.52 Å². The van der Waals surface area contributed by atoms with Crippen LogP contribution < -0.4 is 5.63 Å². The van der Waals surface area contributed by atoms with Gasteiger partial charge in [-0.05, 0) is 23.6 Å². The van der Waals surface area contributed by atoms with Gasteiger partial charge in [-0.25, -0.2) is 4.79 Å². The lowest BCUT2D eigenvalue weighted by molar-refractivity contribution is 0.492. The van der Waals surface area contributed by atoms with E-state index in [0.717, 1.165) is 5.39 Å². The molecule has 0 spiro atoms. The van der Waals surface area contributed by atoms with Crippen LogP contribution in [0.4, 0.5) is 0 Å². The SMILES string of the molecule is O=c1oc2ccccc2cc1-c1ccsc1O. The highest BCUT2D eigenvalue weighted by molar-refractivity contribution is 7.12. The number of fused-ring (bicyclic) bond motifs is 1. The van der Waals surface area contributed by atoms with Crippen molar-refractivity contribution in [3.63, 3.8) is 0 Å². The first-order chi connectivity index (χ1) is 8.25. The number of aromatic hydroxyl groups is 1. The van der Waals surface area contributed by atoms with Crippen molar-refractivity contribution in [2.45, 2.75) is 0 Å². The molecule has 0 saturated heterocycles. The van der Waals surface area contributed by atoms with Crippen molar-refractivity contribution in [3.8, 4) is 16.2 Å². The summed E-state index contributed by atoms with van der Waals surface area (Å²) in [5.74, 6) is 0. The first kappa shape index (κ1) is 10.1. The Labute approximate surface area is 101 Å². The highest BCUT2D eigenvalue weighted by atomic mass is 32.1. The van der Waals surface area contributed by atoms with E-state index in [1.807, 2.05) is 18.2 Å². The number of thiophene rings is 1. The molecule has 0 atom stereocenters. The van der Waals surface area contributed by atoms with Gasteiger partial charge in [-0.1, -0.05) is 18.2 Å². The summed E-state index contributed by atoms with van der Waals surface area (Å²) in [6.07, 6.45) is 0. The van der Waals surface area contributed by atoms with Crippen molar-refractivity contribution in [1.82, 2.24) is 0 Å². The standard InChI is InChI=1S/C13H8O3S/c14-12-10(9-5-6-17-13(9)15)7-8-3-1-2-4-11(8)16-12/h1-7,15H. The molecule has 84 valence electrons. The molecule has 1 N–H and O–H groups in total. The van der Waals surface area contributed by atoms with Gasteiger partial charge in [-0.2, -0.15) is 0 Å². The van der Waals surface area contributed by atoms with Crippen LogP contribution in [0, 0.1) is 0 Å². The number of hydrogen-bond donors (Lipinski definition) is 1. The number of para-hydroxylation sites is 1. The summed E-state index contributed by atoms with van der Waals surface area (Å²) in [6.45, 7) is 0. The lowest BCUT2D eigenvalue weighted by Gasteiger charge is -2.00. The van der Waals surface area contributed by atoms with Gasteiger partial charge in [0.25, 0.3) is 0 Å². The van der Waals surface area contributed by atoms with Gasteiger partial charge >= 0.3 is 5.63 Å². The molecule has 3 nitrogen and oxygen atoms in total. The first-order valence-corrected chi connectivity index (χ1v) is 5.93. The summed E-state index contributed by atoms with van der Waals surface area (Å²) in [6, 6.07) is 10.7. The average molecular weight is 244 g/mol. The summed E-state index contributed by atoms with van der Waals surface area (Å²) < 4.78 is 5.21. The second-order valence-electron chi connectivity index (χ2n) is 3.62. The molecule has 1 aromatic carbocycles. The quantitative estimate of drug-likeness (QED) is 0.668. The molecule has 0 bridgehead atoms. The van der Waals surface area contributed by atoms with E-state index >= 15 is 0 Å². The van der Waals surface area contributed by atoms with Crippen molar-refractivity contribution in [1.29, 1.82) is 0 Å². The van der Waals surface area contributed by atoms with E-state index in [9.17, 15) is 9.90 Å². The molecular formula is C13H8O3S. The average Bonchev–Trinajstić information content (AvgIpc) is 2.74. The fraction of sp³-hybridized carbons (Fsp3) is 0. The molecule has 0 amide bonds. The molecule has 0 unspecified atom stereocenters. The number of rotatable bonds is 1. The largest absolute Gasteiger partial charge is 0.499 e. The van der Waals surface area contributed by atoms with Crippen molar-refractivity contribution >= 4 is 22.3 Å². The van der Waals surface area contributed by atoms with Gasteiger partial charge in [0.1, 0.15) is 5.58 Å². The minimum absolute atomic E-state index is 0.132. The van der Waals surface area contributed by atoms with E-state index in [4.69, 9.17) is 4.42 Å². The van der Waals surface area contributed by atoms with Gasteiger partial charge in [-0.15, -0.1) is 11.3 Å². The van der Waals surface area contributed by atoms with Crippen molar-refractivity contribution in [2.24, 2.45) is 0 Å². The zero-order valence-electron chi connectivity index (χ0n) is 8.71. The van der Waals surface area contributed by atoms with E-state index in [2.05, 4.69) is 0 Å².